The molecule has 0 atom stereocenters. The third-order valence-electron chi connectivity index (χ3n) is 0.566. The number of hydrogen-bond donors (Lipinski definition) is 0. The van der Waals surface area contributed by atoms with Crippen molar-refractivity contribution in [1.82, 2.24) is 4.98 Å². The van der Waals surface area contributed by atoms with Gasteiger partial charge in [0.05, 0.1) is 0 Å². The lowest BCUT2D eigenvalue weighted by Gasteiger charge is -1.70. The van der Waals surface area contributed by atoms with E-state index < -0.39 is 0 Å². The first-order chi connectivity index (χ1) is 3.00. The molecule has 0 fully saturated rings. The van der Waals surface area contributed by atoms with Crippen LogP contribution < -0.4 is 4.70 Å². The first-order valence-corrected chi connectivity index (χ1v) is 1.85. The van der Waals surface area contributed by atoms with Crippen molar-refractivity contribution in [3.05, 3.63) is 30.6 Å². The molecule has 0 aromatic carbocycles. The van der Waals surface area contributed by atoms with E-state index >= 15 is 0 Å². The zero-order valence-corrected chi connectivity index (χ0v) is 4.94. The van der Waals surface area contributed by atoms with E-state index in [1.165, 1.54) is 0 Å². The van der Waals surface area contributed by atoms with Gasteiger partial charge in [-0.15, -0.1) is 12.4 Å². The van der Waals surface area contributed by atoms with Crippen molar-refractivity contribution in [2.45, 2.75) is 0 Å². The molecule has 0 aliphatic rings. The highest BCUT2D eigenvalue weighted by Crippen LogP contribution is 1.73. The van der Waals surface area contributed by atoms with Gasteiger partial charge in [0.25, 0.3) is 0 Å². The number of pyridine rings is 1. The fourth-order valence-electron chi connectivity index (χ4n) is 0.313. The van der Waals surface area contributed by atoms with Crippen molar-refractivity contribution in [2.24, 2.45) is 0 Å². The molecule has 0 amide bonds. The van der Waals surface area contributed by atoms with Crippen molar-refractivity contribution < 1.29 is 6.13 Å². The van der Waals surface area contributed by atoms with Gasteiger partial charge in [0.15, 0.2) is 0 Å². The van der Waals surface area contributed by atoms with Gasteiger partial charge in [0, 0.05) is 12.4 Å². The molecule has 0 unspecified atom stereocenters. The minimum atomic E-state index is 0. The van der Waals surface area contributed by atoms with Gasteiger partial charge in [0.1, 0.15) is 0 Å². The average Bonchev–Trinajstić information content (AvgIpc) is 1.72. The highest BCUT2D eigenvalue weighted by atomic mass is 35.5. The van der Waals surface area contributed by atoms with E-state index in [9.17, 15) is 0 Å². The van der Waals surface area contributed by atoms with Crippen LogP contribution in [0.2, 0.25) is 0 Å². The van der Waals surface area contributed by atoms with Crippen molar-refractivity contribution >= 4 is 12.4 Å². The van der Waals surface area contributed by atoms with Crippen LogP contribution in [-0.2, 0) is 0 Å². The topological polar surface area (TPSA) is 12.9 Å². The summed E-state index contributed by atoms with van der Waals surface area (Å²) in [4.78, 5) is 3.78. The van der Waals surface area contributed by atoms with Crippen LogP contribution >= 0.6 is 12.4 Å². The van der Waals surface area contributed by atoms with Gasteiger partial charge in [-0.3, -0.25) is 4.98 Å². The van der Waals surface area contributed by atoms with Crippen LogP contribution in [0.3, 0.4) is 0 Å². The quantitative estimate of drug-likeness (QED) is 0.428. The van der Waals surface area contributed by atoms with Crippen LogP contribution in [0.25, 0.3) is 0 Å². The van der Waals surface area contributed by atoms with Crippen LogP contribution in [-0.4, -0.2) is 4.98 Å². The number of rotatable bonds is 0. The maximum absolute atomic E-state index is 3.78. The molecule has 0 spiro atoms. The molecule has 1 rings (SSSR count). The number of hydrogen-bond acceptors (Lipinski definition) is 1. The predicted octanol–water partition coefficient (Wildman–Crippen LogP) is -1.38. The van der Waals surface area contributed by atoms with Crippen LogP contribution in [0.5, 0.6) is 0 Å². The Hall–Kier alpha value is -0.630. The average molecular weight is 136 g/mol. The summed E-state index contributed by atoms with van der Waals surface area (Å²) in [6, 6.07) is 5.72. The van der Waals surface area contributed by atoms with Gasteiger partial charge >= 0.3 is 1.43 Å². The summed E-state index contributed by atoms with van der Waals surface area (Å²) in [5, 5.41) is 0. The van der Waals surface area contributed by atoms with E-state index in [-0.39, 0.29) is 18.5 Å². The molecule has 0 bridgehead atoms. The van der Waals surface area contributed by atoms with E-state index in [1.54, 1.807) is 12.4 Å². The third-order valence-corrected chi connectivity index (χ3v) is 0.566. The highest BCUT2D eigenvalue weighted by molar-refractivity contribution is 5.85. The second-order valence-corrected chi connectivity index (χ2v) is 1.02. The van der Waals surface area contributed by atoms with Crippen LogP contribution in [0.15, 0.2) is 30.6 Å². The Bertz CT molecular complexity index is 88.9. The fourth-order valence-corrected chi connectivity index (χ4v) is 0.313. The van der Waals surface area contributed by atoms with Crippen molar-refractivity contribution in [1.29, 1.82) is 0 Å². The molecule has 1 heterocycles. The molecular formula is C5H7ClFN. The minimum absolute atomic E-state index is 0. The molecule has 0 radical (unpaired) electrons. The maximum Gasteiger partial charge on any atom is 1.00 e. The second kappa shape index (κ2) is 6.37. The zero-order chi connectivity index (χ0) is 4.24. The molecule has 0 aliphatic carbocycles. The Morgan fingerprint density at radius 1 is 1.00 bits per heavy atom. The van der Waals surface area contributed by atoms with Gasteiger partial charge in [-0.1, -0.05) is 6.07 Å². The van der Waals surface area contributed by atoms with E-state index in [1.807, 2.05) is 18.2 Å². The summed E-state index contributed by atoms with van der Waals surface area (Å²) >= 11 is 0. The Kier molecular flexibility index (Phi) is 8.26. The molecule has 1 nitrogen and oxygen atoms in total. The van der Waals surface area contributed by atoms with Crippen molar-refractivity contribution in [3.8, 4) is 0 Å². The monoisotopic (exact) mass is 135 g/mol. The molecule has 3 heteroatoms. The SMILES string of the molecule is Cl.[F-].[H+].c1ccncc1. The largest absolute Gasteiger partial charge is 1.00 e. The van der Waals surface area contributed by atoms with Gasteiger partial charge in [-0.2, -0.15) is 0 Å². The second-order valence-electron chi connectivity index (χ2n) is 1.02. The number of nitrogens with zero attached hydrogens (tertiary/aromatic N) is 1. The Morgan fingerprint density at radius 3 is 1.62 bits per heavy atom. The smallest absolute Gasteiger partial charge is 1.00 e. The fraction of sp³-hybridized carbons (Fsp3) is 0. The van der Waals surface area contributed by atoms with E-state index in [0.717, 1.165) is 0 Å². The highest BCUT2D eigenvalue weighted by Gasteiger charge is 1.58. The lowest BCUT2D eigenvalue weighted by Crippen LogP contribution is -3.00. The molecular weight excluding hydrogens is 129 g/mol. The standard InChI is InChI=1S/C5H5N.ClH.FH/c1-2-4-6-5-3-1;;/h1-5H;2*1H. The lowest BCUT2D eigenvalue weighted by molar-refractivity contribution is -0.00000145. The minimum Gasteiger partial charge on any atom is -1.00 e. The van der Waals surface area contributed by atoms with Crippen molar-refractivity contribution in [2.75, 3.05) is 0 Å². The first-order valence-electron chi connectivity index (χ1n) is 1.85. The summed E-state index contributed by atoms with van der Waals surface area (Å²) in [7, 11) is 0. The molecule has 0 aliphatic heterocycles. The summed E-state index contributed by atoms with van der Waals surface area (Å²) < 4.78 is 0. The summed E-state index contributed by atoms with van der Waals surface area (Å²) in [6.45, 7) is 0. The summed E-state index contributed by atoms with van der Waals surface area (Å²) in [6.07, 6.45) is 3.50. The van der Waals surface area contributed by atoms with E-state index in [2.05, 4.69) is 4.98 Å². The predicted molar refractivity (Wildman–Crippen MR) is 32.6 cm³/mol. The Morgan fingerprint density at radius 2 is 1.50 bits per heavy atom. The molecule has 8 heavy (non-hydrogen) atoms. The molecule has 0 saturated carbocycles. The molecule has 0 saturated heterocycles. The zero-order valence-electron chi connectivity index (χ0n) is 5.12. The lowest BCUT2D eigenvalue weighted by atomic mass is 10.5. The van der Waals surface area contributed by atoms with Crippen LogP contribution in [0.1, 0.15) is 1.43 Å². The van der Waals surface area contributed by atoms with E-state index in [4.69, 9.17) is 0 Å². The first kappa shape index (κ1) is 10.4. The van der Waals surface area contributed by atoms with Gasteiger partial charge < -0.3 is 4.70 Å². The number of aromatic nitrogens is 1. The Balaban J connectivity index is -0.000000120. The normalized spacial score (nSPS) is 6.00. The Labute approximate surface area is 55.0 Å². The van der Waals surface area contributed by atoms with Crippen LogP contribution in [0.4, 0.5) is 0 Å². The molecule has 1 aromatic rings. The van der Waals surface area contributed by atoms with Gasteiger partial charge in [-0.05, 0) is 12.1 Å². The maximum atomic E-state index is 3.78. The number of halogens is 2. The van der Waals surface area contributed by atoms with Crippen molar-refractivity contribution in [3.63, 3.8) is 0 Å². The van der Waals surface area contributed by atoms with Crippen LogP contribution in [0, 0.1) is 0 Å². The summed E-state index contributed by atoms with van der Waals surface area (Å²) in [5.74, 6) is 0. The van der Waals surface area contributed by atoms with Gasteiger partial charge in [0.2, 0.25) is 0 Å². The molecule has 46 valence electrons. The molecule has 0 N–H and O–H groups in total. The molecule has 1 aromatic heterocycles. The third kappa shape index (κ3) is 3.56. The van der Waals surface area contributed by atoms with E-state index in [0.29, 0.717) is 0 Å². The summed E-state index contributed by atoms with van der Waals surface area (Å²) in [5.41, 5.74) is 0. The van der Waals surface area contributed by atoms with Gasteiger partial charge in [-0.25, -0.2) is 0 Å².